The minimum atomic E-state index is -3.53. The highest BCUT2D eigenvalue weighted by atomic mass is 32.2. The highest BCUT2D eigenvalue weighted by Crippen LogP contribution is 2.43. The molecule has 0 saturated heterocycles. The molecule has 0 aliphatic carbocycles. The number of hydrogen-bond donors (Lipinski definition) is 1. The Balaban J connectivity index is 2.53. The number of aliphatic hydroxyl groups excluding tert-OH is 1. The van der Waals surface area contributed by atoms with E-state index in [0.29, 0.717) is 23.3 Å². The molecule has 1 aromatic carbocycles. The van der Waals surface area contributed by atoms with Crippen LogP contribution in [0.2, 0.25) is 0 Å². The quantitative estimate of drug-likeness (QED) is 0.877. The van der Waals surface area contributed by atoms with Crippen molar-refractivity contribution in [3.63, 3.8) is 0 Å². The van der Waals surface area contributed by atoms with E-state index in [1.54, 1.807) is 32.0 Å². The van der Waals surface area contributed by atoms with E-state index in [1.807, 2.05) is 13.0 Å². The molecule has 1 heterocycles. The van der Waals surface area contributed by atoms with Crippen LogP contribution < -0.4 is 4.74 Å². The Morgan fingerprint density at radius 2 is 2.08 bits per heavy atom. The van der Waals surface area contributed by atoms with Crippen molar-refractivity contribution in [3.05, 3.63) is 29.3 Å². The van der Waals surface area contributed by atoms with Gasteiger partial charge in [-0.3, -0.25) is 0 Å². The summed E-state index contributed by atoms with van der Waals surface area (Å²) in [6.45, 7) is 5.37. The molecule has 1 aromatic rings. The molecule has 0 radical (unpaired) electrons. The summed E-state index contributed by atoms with van der Waals surface area (Å²) < 4.78 is 32.3. The van der Waals surface area contributed by atoms with Crippen molar-refractivity contribution in [1.82, 2.24) is 4.31 Å². The number of aliphatic hydroxyl groups is 1. The zero-order valence-electron chi connectivity index (χ0n) is 14.5. The lowest BCUT2D eigenvalue weighted by Gasteiger charge is -2.44. The van der Waals surface area contributed by atoms with Crippen LogP contribution in [0.1, 0.15) is 50.8 Å². The monoisotopic (exact) mass is 352 g/mol. The summed E-state index contributed by atoms with van der Waals surface area (Å²) in [6.07, 6.45) is 0.269. The molecule has 2 rings (SSSR count). The zero-order chi connectivity index (χ0) is 18.1. The van der Waals surface area contributed by atoms with E-state index in [9.17, 15) is 13.5 Å². The standard InChI is InChI=1S/C17H24N2O4S/c1-5-6-9-24(21,22)19(4)15-13-10-12(11-18)7-8-14(13)23-17(2,3)16(15)20/h7-8,10,15-16,20H,5-6,9H2,1-4H3/t15-,16+/m1/s1. The maximum atomic E-state index is 12.6. The average Bonchev–Trinajstić information content (AvgIpc) is 2.53. The first kappa shape index (κ1) is 18.7. The first-order valence-electron chi connectivity index (χ1n) is 8.01. The molecule has 6 nitrogen and oxygen atoms in total. The summed E-state index contributed by atoms with van der Waals surface area (Å²) in [5.74, 6) is 0.518. The molecule has 2 atom stereocenters. The molecule has 132 valence electrons. The van der Waals surface area contributed by atoms with Crippen molar-refractivity contribution >= 4 is 10.0 Å². The van der Waals surface area contributed by atoms with Crippen LogP contribution >= 0.6 is 0 Å². The van der Waals surface area contributed by atoms with Crippen LogP contribution in [-0.4, -0.2) is 42.3 Å². The van der Waals surface area contributed by atoms with Gasteiger partial charge in [0.15, 0.2) is 0 Å². The highest BCUT2D eigenvalue weighted by molar-refractivity contribution is 7.89. The molecular formula is C17H24N2O4S. The van der Waals surface area contributed by atoms with Crippen molar-refractivity contribution in [3.8, 4) is 11.8 Å². The van der Waals surface area contributed by atoms with E-state index in [1.165, 1.54) is 11.4 Å². The van der Waals surface area contributed by atoms with Crippen LogP contribution in [0.3, 0.4) is 0 Å². The fourth-order valence-corrected chi connectivity index (χ4v) is 4.39. The van der Waals surface area contributed by atoms with E-state index in [4.69, 9.17) is 10.00 Å². The molecule has 24 heavy (non-hydrogen) atoms. The topological polar surface area (TPSA) is 90.6 Å². The van der Waals surface area contributed by atoms with Crippen LogP contribution in [-0.2, 0) is 10.0 Å². The predicted octanol–water partition coefficient (Wildman–Crippen LogP) is 2.19. The number of nitriles is 1. The summed E-state index contributed by atoms with van der Waals surface area (Å²) >= 11 is 0. The molecule has 0 unspecified atom stereocenters. The molecule has 7 heteroatoms. The van der Waals surface area contributed by atoms with Gasteiger partial charge in [0.2, 0.25) is 10.0 Å². The van der Waals surface area contributed by atoms with Crippen LogP contribution in [0.4, 0.5) is 0 Å². The van der Waals surface area contributed by atoms with Gasteiger partial charge < -0.3 is 9.84 Å². The van der Waals surface area contributed by atoms with Gasteiger partial charge in [-0.2, -0.15) is 9.57 Å². The number of unbranched alkanes of at least 4 members (excludes halogenated alkanes) is 1. The Kier molecular flexibility index (Phi) is 5.23. The first-order valence-corrected chi connectivity index (χ1v) is 9.62. The molecule has 1 N–H and O–H groups in total. The summed E-state index contributed by atoms with van der Waals surface area (Å²) in [5.41, 5.74) is -0.0301. The second kappa shape index (κ2) is 6.71. The van der Waals surface area contributed by atoms with Crippen molar-refractivity contribution < 1.29 is 18.3 Å². The number of fused-ring (bicyclic) bond motifs is 1. The average molecular weight is 352 g/mol. The molecule has 0 aromatic heterocycles. The van der Waals surface area contributed by atoms with Crippen molar-refractivity contribution in [1.29, 1.82) is 5.26 Å². The number of rotatable bonds is 5. The van der Waals surface area contributed by atoms with E-state index in [2.05, 4.69) is 0 Å². The summed E-state index contributed by atoms with van der Waals surface area (Å²) in [6, 6.07) is 6.11. The lowest BCUT2D eigenvalue weighted by Crippen LogP contribution is -2.54. The van der Waals surface area contributed by atoms with Gasteiger partial charge in [0.1, 0.15) is 17.5 Å². The minimum Gasteiger partial charge on any atom is -0.485 e. The van der Waals surface area contributed by atoms with E-state index < -0.39 is 27.8 Å². The molecule has 0 spiro atoms. The fourth-order valence-electron chi connectivity index (χ4n) is 2.87. The maximum Gasteiger partial charge on any atom is 0.214 e. The van der Waals surface area contributed by atoms with Crippen molar-refractivity contribution in [2.75, 3.05) is 12.8 Å². The number of likely N-dealkylation sites (N-methyl/N-ethyl adjacent to an activating group) is 1. The van der Waals surface area contributed by atoms with Crippen molar-refractivity contribution in [2.24, 2.45) is 0 Å². The largest absolute Gasteiger partial charge is 0.485 e. The number of sulfonamides is 1. The Labute approximate surface area is 143 Å². The van der Waals surface area contributed by atoms with Gasteiger partial charge in [0.25, 0.3) is 0 Å². The van der Waals surface area contributed by atoms with Crippen LogP contribution in [0, 0.1) is 11.3 Å². The summed E-state index contributed by atoms with van der Waals surface area (Å²) in [5, 5.41) is 19.9. The molecule has 1 aliphatic heterocycles. The zero-order valence-corrected chi connectivity index (χ0v) is 15.3. The highest BCUT2D eigenvalue weighted by Gasteiger charge is 2.47. The van der Waals surface area contributed by atoms with E-state index in [-0.39, 0.29) is 5.75 Å². The third-order valence-corrected chi connectivity index (χ3v) is 6.34. The lowest BCUT2D eigenvalue weighted by atomic mass is 9.86. The predicted molar refractivity (Wildman–Crippen MR) is 91.1 cm³/mol. The maximum absolute atomic E-state index is 12.6. The van der Waals surface area contributed by atoms with Gasteiger partial charge in [-0.1, -0.05) is 13.3 Å². The molecule has 0 amide bonds. The van der Waals surface area contributed by atoms with Crippen molar-refractivity contribution in [2.45, 2.75) is 51.4 Å². The van der Waals surface area contributed by atoms with E-state index in [0.717, 1.165) is 6.42 Å². The van der Waals surface area contributed by atoms with Gasteiger partial charge >= 0.3 is 0 Å². The first-order chi connectivity index (χ1) is 11.1. The van der Waals surface area contributed by atoms with E-state index >= 15 is 0 Å². The molecule has 0 bridgehead atoms. The van der Waals surface area contributed by atoms with Gasteiger partial charge in [0, 0.05) is 12.6 Å². The van der Waals surface area contributed by atoms with Gasteiger partial charge in [-0.05, 0) is 38.5 Å². The minimum absolute atomic E-state index is 0.0256. The Bertz CT molecular complexity index is 752. The smallest absolute Gasteiger partial charge is 0.214 e. The fraction of sp³-hybridized carbons (Fsp3) is 0.588. The third kappa shape index (κ3) is 3.41. The second-order valence-corrected chi connectivity index (χ2v) is 8.79. The molecule has 1 aliphatic rings. The summed E-state index contributed by atoms with van der Waals surface area (Å²) in [7, 11) is -2.06. The lowest BCUT2D eigenvalue weighted by molar-refractivity contribution is -0.0763. The van der Waals surface area contributed by atoms with Gasteiger partial charge in [0.05, 0.1) is 23.4 Å². The third-order valence-electron chi connectivity index (χ3n) is 4.43. The number of benzene rings is 1. The Morgan fingerprint density at radius 1 is 1.42 bits per heavy atom. The van der Waals surface area contributed by atoms with Crippen LogP contribution in [0.5, 0.6) is 5.75 Å². The Morgan fingerprint density at radius 3 is 2.67 bits per heavy atom. The Hall–Kier alpha value is -1.62. The SMILES string of the molecule is CCCCS(=O)(=O)N(C)[C@@H]1c2cc(C#N)ccc2OC(C)(C)[C@H]1O. The number of hydrogen-bond acceptors (Lipinski definition) is 5. The van der Waals surface area contributed by atoms with Gasteiger partial charge in [-0.15, -0.1) is 0 Å². The van der Waals surface area contributed by atoms with Gasteiger partial charge in [-0.25, -0.2) is 8.42 Å². The summed E-state index contributed by atoms with van der Waals surface area (Å²) in [4.78, 5) is 0. The molecule has 0 saturated carbocycles. The number of nitrogens with zero attached hydrogens (tertiary/aromatic N) is 2. The number of ether oxygens (including phenoxy) is 1. The molecule has 0 fully saturated rings. The molecular weight excluding hydrogens is 328 g/mol. The normalized spacial score (nSPS) is 22.5. The van der Waals surface area contributed by atoms with Crippen LogP contribution in [0.25, 0.3) is 0 Å². The van der Waals surface area contributed by atoms with Crippen LogP contribution in [0.15, 0.2) is 18.2 Å². The second-order valence-electron chi connectivity index (χ2n) is 6.65.